The molecule has 0 bridgehead atoms. The lowest BCUT2D eigenvalue weighted by atomic mass is 10.2. The molecule has 32 heavy (non-hydrogen) atoms. The lowest BCUT2D eigenvalue weighted by molar-refractivity contribution is 0.0697. The van der Waals surface area contributed by atoms with Gasteiger partial charge in [0.15, 0.2) is 0 Å². The Hall–Kier alpha value is -4.18. The number of aromatic nitrogens is 2. The summed E-state index contributed by atoms with van der Waals surface area (Å²) in [5.41, 5.74) is 1.15. The Morgan fingerprint density at radius 3 is 2.34 bits per heavy atom. The number of anilines is 1. The fourth-order valence-electron chi connectivity index (χ4n) is 2.98. The Labute approximate surface area is 183 Å². The van der Waals surface area contributed by atoms with Gasteiger partial charge < -0.3 is 14.3 Å². The molecule has 0 aliphatic rings. The average molecular weight is 451 g/mol. The maximum absolute atomic E-state index is 13.1. The third kappa shape index (κ3) is 4.30. The summed E-state index contributed by atoms with van der Waals surface area (Å²) in [7, 11) is -2.79. The van der Waals surface area contributed by atoms with Crippen LogP contribution in [-0.4, -0.2) is 36.8 Å². The van der Waals surface area contributed by atoms with Gasteiger partial charge in [-0.25, -0.2) is 13.2 Å². The van der Waals surface area contributed by atoms with Gasteiger partial charge in [-0.15, -0.1) is 10.2 Å². The quantitative estimate of drug-likeness (QED) is 0.432. The molecule has 9 nitrogen and oxygen atoms in total. The largest absolute Gasteiger partial charge is 0.495 e. The van der Waals surface area contributed by atoms with E-state index in [0.717, 1.165) is 5.56 Å². The van der Waals surface area contributed by atoms with Crippen molar-refractivity contribution in [2.75, 3.05) is 11.8 Å². The van der Waals surface area contributed by atoms with Crippen LogP contribution in [0.2, 0.25) is 0 Å². The number of aromatic carboxylic acids is 1. The molecule has 0 aliphatic heterocycles. The molecular weight excluding hydrogens is 434 g/mol. The maximum atomic E-state index is 13.1. The predicted molar refractivity (Wildman–Crippen MR) is 116 cm³/mol. The Kier molecular flexibility index (Phi) is 5.61. The summed E-state index contributed by atoms with van der Waals surface area (Å²) in [6.45, 7) is 0. The topological polar surface area (TPSA) is 132 Å². The molecule has 0 atom stereocenters. The van der Waals surface area contributed by atoms with Crippen molar-refractivity contribution in [2.45, 2.75) is 4.90 Å². The molecule has 162 valence electrons. The van der Waals surface area contributed by atoms with Gasteiger partial charge in [-0.05, 0) is 48.5 Å². The number of hydrogen-bond acceptors (Lipinski definition) is 7. The normalized spacial score (nSPS) is 11.2. The average Bonchev–Trinajstić information content (AvgIpc) is 3.29. The van der Waals surface area contributed by atoms with Crippen molar-refractivity contribution >= 4 is 21.7 Å². The van der Waals surface area contributed by atoms with E-state index < -0.39 is 16.0 Å². The van der Waals surface area contributed by atoms with Crippen molar-refractivity contribution in [1.82, 2.24) is 10.2 Å². The van der Waals surface area contributed by atoms with Crippen LogP contribution in [0.15, 0.2) is 82.1 Å². The number of methoxy groups -OCH3 is 1. The van der Waals surface area contributed by atoms with E-state index >= 15 is 0 Å². The van der Waals surface area contributed by atoms with Gasteiger partial charge in [0, 0.05) is 16.8 Å². The van der Waals surface area contributed by atoms with Gasteiger partial charge in [0.25, 0.3) is 10.0 Å². The fraction of sp³-hybridized carbons (Fsp3) is 0.0455. The second kappa shape index (κ2) is 8.52. The van der Waals surface area contributed by atoms with Crippen LogP contribution < -0.4 is 9.46 Å². The Bertz CT molecular complexity index is 1380. The van der Waals surface area contributed by atoms with Crippen molar-refractivity contribution in [3.63, 3.8) is 0 Å². The predicted octanol–water partition coefficient (Wildman–Crippen LogP) is 3.91. The molecule has 10 heteroatoms. The molecule has 3 aromatic carbocycles. The highest BCUT2D eigenvalue weighted by Crippen LogP contribution is 2.32. The molecule has 0 saturated heterocycles. The number of nitrogens with one attached hydrogen (secondary N) is 1. The summed E-state index contributed by atoms with van der Waals surface area (Å²) < 4.78 is 39.4. The Morgan fingerprint density at radius 1 is 0.938 bits per heavy atom. The number of nitrogens with zero attached hydrogens (tertiary/aromatic N) is 2. The molecule has 4 aromatic rings. The zero-order chi connectivity index (χ0) is 22.7. The van der Waals surface area contributed by atoms with Crippen molar-refractivity contribution < 1.29 is 27.5 Å². The van der Waals surface area contributed by atoms with E-state index in [2.05, 4.69) is 14.9 Å². The van der Waals surface area contributed by atoms with Gasteiger partial charge in [-0.3, -0.25) is 4.72 Å². The van der Waals surface area contributed by atoms with Crippen LogP contribution in [0.1, 0.15) is 10.4 Å². The van der Waals surface area contributed by atoms with E-state index in [1.54, 1.807) is 6.07 Å². The number of rotatable bonds is 7. The van der Waals surface area contributed by atoms with Crippen molar-refractivity contribution in [3.05, 3.63) is 78.4 Å². The molecule has 1 aromatic heterocycles. The lowest BCUT2D eigenvalue weighted by Gasteiger charge is -2.12. The SMILES string of the molecule is COc1ccc(-c2nnc(-c3ccccc3)o2)cc1S(=O)(=O)Nc1cccc(C(=O)O)c1. The van der Waals surface area contributed by atoms with Gasteiger partial charge in [0.05, 0.1) is 12.7 Å². The molecule has 0 unspecified atom stereocenters. The molecule has 2 N–H and O–H groups in total. The van der Waals surface area contributed by atoms with E-state index in [1.807, 2.05) is 30.3 Å². The molecular formula is C22H17N3O6S. The van der Waals surface area contributed by atoms with Crippen molar-refractivity contribution in [3.8, 4) is 28.7 Å². The van der Waals surface area contributed by atoms with Gasteiger partial charge in [-0.1, -0.05) is 24.3 Å². The third-order valence-corrected chi connectivity index (χ3v) is 5.91. The number of carboxylic acids is 1. The van der Waals surface area contributed by atoms with Crippen LogP contribution >= 0.6 is 0 Å². The zero-order valence-electron chi connectivity index (χ0n) is 16.7. The van der Waals surface area contributed by atoms with Crippen LogP contribution in [0, 0.1) is 0 Å². The van der Waals surface area contributed by atoms with E-state index in [4.69, 9.17) is 14.3 Å². The van der Waals surface area contributed by atoms with Crippen LogP contribution in [0.4, 0.5) is 5.69 Å². The molecule has 0 amide bonds. The first-order chi connectivity index (χ1) is 15.4. The molecule has 0 saturated carbocycles. The smallest absolute Gasteiger partial charge is 0.335 e. The standard InChI is InChI=1S/C22H17N3O6S/c1-30-18-11-10-15(21-24-23-20(31-21)14-6-3-2-4-7-14)13-19(18)32(28,29)25-17-9-5-8-16(12-17)22(26)27/h2-13,25H,1H3,(H,26,27). The number of carbonyl (C=O) groups is 1. The summed E-state index contributed by atoms with van der Waals surface area (Å²) in [5.74, 6) is -0.644. The summed E-state index contributed by atoms with van der Waals surface area (Å²) in [6.07, 6.45) is 0. The van der Waals surface area contributed by atoms with Crippen LogP contribution in [0.3, 0.4) is 0 Å². The first-order valence-electron chi connectivity index (χ1n) is 9.31. The van der Waals surface area contributed by atoms with Gasteiger partial charge in [-0.2, -0.15) is 0 Å². The highest BCUT2D eigenvalue weighted by molar-refractivity contribution is 7.92. The number of benzene rings is 3. The van der Waals surface area contributed by atoms with E-state index in [0.29, 0.717) is 11.5 Å². The molecule has 0 aliphatic carbocycles. The molecule has 0 radical (unpaired) electrons. The van der Waals surface area contributed by atoms with Crippen molar-refractivity contribution in [1.29, 1.82) is 0 Å². The number of sulfonamides is 1. The van der Waals surface area contributed by atoms with Gasteiger partial charge in [0.2, 0.25) is 11.8 Å². The second-order valence-corrected chi connectivity index (χ2v) is 8.29. The molecule has 4 rings (SSSR count). The minimum atomic E-state index is -4.13. The van der Waals surface area contributed by atoms with E-state index in [-0.39, 0.29) is 27.8 Å². The van der Waals surface area contributed by atoms with Crippen LogP contribution in [0.25, 0.3) is 22.9 Å². The highest BCUT2D eigenvalue weighted by atomic mass is 32.2. The van der Waals surface area contributed by atoms with E-state index in [1.165, 1.54) is 43.5 Å². The number of hydrogen-bond donors (Lipinski definition) is 2. The van der Waals surface area contributed by atoms with Crippen molar-refractivity contribution in [2.24, 2.45) is 0 Å². The van der Waals surface area contributed by atoms with Gasteiger partial charge >= 0.3 is 5.97 Å². The molecule has 0 spiro atoms. The fourth-order valence-corrected chi connectivity index (χ4v) is 4.23. The first-order valence-corrected chi connectivity index (χ1v) is 10.8. The minimum absolute atomic E-state index is 0.0507. The van der Waals surface area contributed by atoms with E-state index in [9.17, 15) is 13.2 Å². The summed E-state index contributed by atoms with van der Waals surface area (Å²) in [5, 5.41) is 17.2. The highest BCUT2D eigenvalue weighted by Gasteiger charge is 2.23. The summed E-state index contributed by atoms with van der Waals surface area (Å²) in [4.78, 5) is 11.0. The zero-order valence-corrected chi connectivity index (χ0v) is 17.5. The third-order valence-electron chi connectivity index (χ3n) is 4.51. The second-order valence-electron chi connectivity index (χ2n) is 6.64. The molecule has 0 fully saturated rings. The first kappa shape index (κ1) is 21.1. The summed E-state index contributed by atoms with van der Waals surface area (Å²) in [6, 6.07) is 19.1. The van der Waals surface area contributed by atoms with Crippen LogP contribution in [-0.2, 0) is 10.0 Å². The molecule has 1 heterocycles. The monoisotopic (exact) mass is 451 g/mol. The minimum Gasteiger partial charge on any atom is -0.495 e. The maximum Gasteiger partial charge on any atom is 0.335 e. The lowest BCUT2D eigenvalue weighted by Crippen LogP contribution is -2.14. The summed E-state index contributed by atoms with van der Waals surface area (Å²) >= 11 is 0. The Balaban J connectivity index is 1.70. The van der Waals surface area contributed by atoms with Crippen LogP contribution in [0.5, 0.6) is 5.75 Å². The number of carboxylic acid groups (broad SMARTS) is 1. The Morgan fingerprint density at radius 2 is 1.66 bits per heavy atom. The van der Waals surface area contributed by atoms with Gasteiger partial charge in [0.1, 0.15) is 10.6 Å². The number of ether oxygens (including phenoxy) is 1.